The first-order chi connectivity index (χ1) is 9.18. The van der Waals surface area contributed by atoms with Crippen molar-refractivity contribution in [1.82, 2.24) is 4.90 Å². The van der Waals surface area contributed by atoms with E-state index in [1.165, 1.54) is 10.5 Å². The summed E-state index contributed by atoms with van der Waals surface area (Å²) in [6.45, 7) is 5.44. The van der Waals surface area contributed by atoms with Crippen LogP contribution < -0.4 is 0 Å². The summed E-state index contributed by atoms with van der Waals surface area (Å²) < 4.78 is 5.51. The van der Waals surface area contributed by atoms with Gasteiger partial charge in [0.25, 0.3) is 0 Å². The van der Waals surface area contributed by atoms with Crippen molar-refractivity contribution in [2.75, 3.05) is 19.0 Å². The minimum absolute atomic E-state index is 0.0178. The molecule has 0 spiro atoms. The zero-order valence-corrected chi connectivity index (χ0v) is 12.2. The summed E-state index contributed by atoms with van der Waals surface area (Å²) >= 11 is 1.79. The number of carbonyl (C=O) groups excluding carboxylic acids is 1. The lowest BCUT2D eigenvalue weighted by Gasteiger charge is -2.40. The van der Waals surface area contributed by atoms with Crippen molar-refractivity contribution in [3.05, 3.63) is 29.8 Å². The Hall–Kier alpha value is -1.00. The smallest absolute Gasteiger partial charge is 0.231 e. The number of morpholine rings is 1. The molecule has 1 amide bonds. The molecule has 1 fully saturated rings. The van der Waals surface area contributed by atoms with Crippen molar-refractivity contribution >= 4 is 17.7 Å². The molecule has 2 aliphatic rings. The molecule has 3 nitrogen and oxygen atoms in total. The first kappa shape index (κ1) is 13.0. The van der Waals surface area contributed by atoms with Gasteiger partial charge in [0.05, 0.1) is 31.2 Å². The van der Waals surface area contributed by atoms with Gasteiger partial charge in [-0.2, -0.15) is 0 Å². The molecule has 3 atom stereocenters. The lowest BCUT2D eigenvalue weighted by molar-refractivity contribution is -0.145. The molecular weight excluding hydrogens is 258 g/mol. The van der Waals surface area contributed by atoms with Gasteiger partial charge in [0, 0.05) is 10.6 Å². The molecule has 4 heteroatoms. The van der Waals surface area contributed by atoms with Crippen LogP contribution in [0.2, 0.25) is 0 Å². The van der Waals surface area contributed by atoms with E-state index in [4.69, 9.17) is 4.74 Å². The number of fused-ring (bicyclic) bond motifs is 1. The van der Waals surface area contributed by atoms with E-state index in [-0.39, 0.29) is 23.9 Å². The monoisotopic (exact) mass is 277 g/mol. The summed E-state index contributed by atoms with van der Waals surface area (Å²) in [6, 6.07) is 8.62. The molecule has 0 bridgehead atoms. The van der Waals surface area contributed by atoms with E-state index in [1.807, 2.05) is 17.0 Å². The Kier molecular flexibility index (Phi) is 3.54. The number of carbonyl (C=O) groups is 1. The second kappa shape index (κ2) is 5.17. The van der Waals surface area contributed by atoms with E-state index >= 15 is 0 Å². The molecule has 0 aromatic heterocycles. The fourth-order valence-electron chi connectivity index (χ4n) is 2.99. The third-order valence-electron chi connectivity index (χ3n) is 3.92. The molecule has 2 heterocycles. The van der Waals surface area contributed by atoms with Gasteiger partial charge in [0.1, 0.15) is 0 Å². The first-order valence-corrected chi connectivity index (χ1v) is 7.78. The zero-order chi connectivity index (χ0) is 13.4. The van der Waals surface area contributed by atoms with Gasteiger partial charge in [0.2, 0.25) is 5.91 Å². The fraction of sp³-hybridized carbons (Fsp3) is 0.533. The Labute approximate surface area is 118 Å². The molecule has 0 radical (unpaired) electrons. The number of nitrogens with zero attached hydrogens (tertiary/aromatic N) is 1. The lowest BCUT2D eigenvalue weighted by Crippen LogP contribution is -2.54. The van der Waals surface area contributed by atoms with Crippen LogP contribution in [0.1, 0.15) is 25.3 Å². The van der Waals surface area contributed by atoms with Gasteiger partial charge < -0.3 is 9.64 Å². The molecule has 2 aliphatic heterocycles. The van der Waals surface area contributed by atoms with Crippen molar-refractivity contribution < 1.29 is 9.53 Å². The maximum atomic E-state index is 12.8. The summed E-state index contributed by atoms with van der Waals surface area (Å²) in [5.41, 5.74) is 1.20. The van der Waals surface area contributed by atoms with E-state index in [2.05, 4.69) is 26.0 Å². The second-order valence-electron chi connectivity index (χ2n) is 5.38. The van der Waals surface area contributed by atoms with Gasteiger partial charge in [-0.05, 0) is 25.5 Å². The number of hydrogen-bond donors (Lipinski definition) is 0. The predicted octanol–water partition coefficient (Wildman–Crippen LogP) is 2.51. The number of rotatable bonds is 1. The van der Waals surface area contributed by atoms with Gasteiger partial charge in [0.15, 0.2) is 0 Å². The van der Waals surface area contributed by atoms with Gasteiger partial charge in [-0.3, -0.25) is 4.79 Å². The van der Waals surface area contributed by atoms with E-state index in [1.54, 1.807) is 11.8 Å². The molecule has 0 aliphatic carbocycles. The van der Waals surface area contributed by atoms with Crippen LogP contribution in [0.4, 0.5) is 0 Å². The molecule has 1 saturated heterocycles. The Morgan fingerprint density at radius 2 is 1.95 bits per heavy atom. The largest absolute Gasteiger partial charge is 0.377 e. The summed E-state index contributed by atoms with van der Waals surface area (Å²) in [4.78, 5) is 16.1. The molecule has 19 heavy (non-hydrogen) atoms. The van der Waals surface area contributed by atoms with Crippen molar-refractivity contribution in [3.8, 4) is 0 Å². The van der Waals surface area contributed by atoms with Gasteiger partial charge in [-0.1, -0.05) is 18.2 Å². The highest BCUT2D eigenvalue weighted by atomic mass is 32.2. The number of benzene rings is 1. The minimum Gasteiger partial charge on any atom is -0.377 e. The molecule has 1 aromatic carbocycles. The average Bonchev–Trinajstić information content (AvgIpc) is 2.82. The third kappa shape index (κ3) is 2.28. The van der Waals surface area contributed by atoms with E-state index in [0.29, 0.717) is 13.2 Å². The van der Waals surface area contributed by atoms with Gasteiger partial charge in [-0.25, -0.2) is 0 Å². The van der Waals surface area contributed by atoms with Crippen LogP contribution in [0, 0.1) is 0 Å². The molecule has 3 rings (SSSR count). The Bertz CT molecular complexity index is 481. The Morgan fingerprint density at radius 1 is 1.26 bits per heavy atom. The molecule has 0 saturated carbocycles. The van der Waals surface area contributed by atoms with Crippen LogP contribution in [0.3, 0.4) is 0 Å². The molecule has 0 N–H and O–H groups in total. The topological polar surface area (TPSA) is 29.5 Å². The standard InChI is InChI=1S/C15H19NO2S/c1-10-7-18-8-11(2)16(10)15(17)13-9-19-14-6-4-3-5-12(13)14/h3-6,10-11,13H,7-9H2,1-2H3. The highest BCUT2D eigenvalue weighted by molar-refractivity contribution is 7.99. The van der Waals surface area contributed by atoms with Crippen LogP contribution >= 0.6 is 11.8 Å². The fourth-order valence-corrected chi connectivity index (χ4v) is 4.21. The maximum absolute atomic E-state index is 12.8. The van der Waals surface area contributed by atoms with Crippen LogP contribution in [-0.4, -0.2) is 41.9 Å². The molecule has 102 valence electrons. The highest BCUT2D eigenvalue weighted by Gasteiger charge is 2.37. The van der Waals surface area contributed by atoms with Crippen molar-refractivity contribution in [1.29, 1.82) is 0 Å². The predicted molar refractivity (Wildman–Crippen MR) is 76.5 cm³/mol. The molecule has 3 unspecified atom stereocenters. The quantitative estimate of drug-likeness (QED) is 0.790. The second-order valence-corrected chi connectivity index (χ2v) is 6.44. The highest BCUT2D eigenvalue weighted by Crippen LogP contribution is 2.40. The normalized spacial score (nSPS) is 30.2. The van der Waals surface area contributed by atoms with Crippen molar-refractivity contribution in [2.45, 2.75) is 36.7 Å². The summed E-state index contributed by atoms with van der Waals surface area (Å²) in [6.07, 6.45) is 0. The maximum Gasteiger partial charge on any atom is 0.231 e. The zero-order valence-electron chi connectivity index (χ0n) is 11.3. The summed E-state index contributed by atoms with van der Waals surface area (Å²) in [7, 11) is 0. The van der Waals surface area contributed by atoms with Crippen molar-refractivity contribution in [2.24, 2.45) is 0 Å². The molecule has 1 aromatic rings. The van der Waals surface area contributed by atoms with Crippen LogP contribution in [0.25, 0.3) is 0 Å². The third-order valence-corrected chi connectivity index (χ3v) is 5.10. The number of amides is 1. The average molecular weight is 277 g/mol. The van der Waals surface area contributed by atoms with Gasteiger partial charge in [-0.15, -0.1) is 11.8 Å². The van der Waals surface area contributed by atoms with E-state index < -0.39 is 0 Å². The molecular formula is C15H19NO2S. The Morgan fingerprint density at radius 3 is 2.68 bits per heavy atom. The van der Waals surface area contributed by atoms with E-state index in [0.717, 1.165) is 5.75 Å². The van der Waals surface area contributed by atoms with E-state index in [9.17, 15) is 4.79 Å². The minimum atomic E-state index is 0.0178. The summed E-state index contributed by atoms with van der Waals surface area (Å²) in [5.74, 6) is 1.15. The summed E-state index contributed by atoms with van der Waals surface area (Å²) in [5, 5.41) is 0. The van der Waals surface area contributed by atoms with Crippen LogP contribution in [-0.2, 0) is 9.53 Å². The number of hydrogen-bond acceptors (Lipinski definition) is 3. The Balaban J connectivity index is 1.85. The SMILES string of the molecule is CC1COCC(C)N1C(=O)C1CSc2ccccc21. The van der Waals surface area contributed by atoms with Gasteiger partial charge >= 0.3 is 0 Å². The van der Waals surface area contributed by atoms with Crippen molar-refractivity contribution in [3.63, 3.8) is 0 Å². The van der Waals surface area contributed by atoms with Crippen LogP contribution in [0.15, 0.2) is 29.2 Å². The van der Waals surface area contributed by atoms with Crippen LogP contribution in [0.5, 0.6) is 0 Å². The number of ether oxygens (including phenoxy) is 1. The first-order valence-electron chi connectivity index (χ1n) is 6.80. The lowest BCUT2D eigenvalue weighted by atomic mass is 9.98. The number of thioether (sulfide) groups is 1.